The van der Waals surface area contributed by atoms with Gasteiger partial charge >= 0.3 is 0 Å². The van der Waals surface area contributed by atoms with Crippen molar-refractivity contribution in [3.05, 3.63) is 47.2 Å². The molecule has 0 aliphatic rings. The van der Waals surface area contributed by atoms with Gasteiger partial charge < -0.3 is 0 Å². The third-order valence-corrected chi connectivity index (χ3v) is 3.38. The van der Waals surface area contributed by atoms with Crippen molar-refractivity contribution >= 4 is 21.7 Å². The SMILES string of the molecule is Cc1cc2scnc2nc1-c1cccc(F)c1. The van der Waals surface area contributed by atoms with Crippen LogP contribution in [-0.4, -0.2) is 9.97 Å². The van der Waals surface area contributed by atoms with Crippen molar-refractivity contribution in [3.8, 4) is 11.3 Å². The van der Waals surface area contributed by atoms with Crippen LogP contribution in [0.25, 0.3) is 21.6 Å². The smallest absolute Gasteiger partial charge is 0.170 e. The van der Waals surface area contributed by atoms with Crippen LogP contribution in [0.3, 0.4) is 0 Å². The first-order chi connectivity index (χ1) is 8.24. The topological polar surface area (TPSA) is 25.8 Å². The second-order valence-electron chi connectivity index (χ2n) is 3.84. The summed E-state index contributed by atoms with van der Waals surface area (Å²) in [5.74, 6) is -0.248. The van der Waals surface area contributed by atoms with Crippen LogP contribution in [0.15, 0.2) is 35.8 Å². The molecule has 4 heteroatoms. The molecular formula is C13H9FN2S. The predicted octanol–water partition coefficient (Wildman–Crippen LogP) is 3.81. The molecule has 84 valence electrons. The van der Waals surface area contributed by atoms with Crippen LogP contribution in [0.5, 0.6) is 0 Å². The van der Waals surface area contributed by atoms with Gasteiger partial charge in [-0.05, 0) is 30.7 Å². The highest BCUT2D eigenvalue weighted by atomic mass is 32.1. The average Bonchev–Trinajstić information content (AvgIpc) is 2.75. The van der Waals surface area contributed by atoms with Crippen LogP contribution >= 0.6 is 11.3 Å². The molecule has 0 aliphatic carbocycles. The summed E-state index contributed by atoms with van der Waals surface area (Å²) in [6.45, 7) is 1.98. The standard InChI is InChI=1S/C13H9FN2S/c1-8-5-11-13(15-7-17-11)16-12(8)9-3-2-4-10(14)6-9/h2-7H,1H3. The number of halogens is 1. The van der Waals surface area contributed by atoms with E-state index in [1.807, 2.05) is 19.1 Å². The van der Waals surface area contributed by atoms with Crippen LogP contribution in [0, 0.1) is 12.7 Å². The number of hydrogen-bond donors (Lipinski definition) is 0. The minimum Gasteiger partial charge on any atom is -0.227 e. The average molecular weight is 244 g/mol. The monoisotopic (exact) mass is 244 g/mol. The molecule has 0 amide bonds. The molecule has 0 fully saturated rings. The van der Waals surface area contributed by atoms with E-state index in [1.54, 1.807) is 22.9 Å². The van der Waals surface area contributed by atoms with E-state index >= 15 is 0 Å². The number of nitrogens with zero attached hydrogens (tertiary/aromatic N) is 2. The molecule has 1 aromatic carbocycles. The zero-order valence-corrected chi connectivity index (χ0v) is 9.96. The quantitative estimate of drug-likeness (QED) is 0.650. The summed E-state index contributed by atoms with van der Waals surface area (Å²) in [4.78, 5) is 8.66. The van der Waals surface area contributed by atoms with Crippen LogP contribution in [0.1, 0.15) is 5.56 Å². The number of pyridine rings is 1. The van der Waals surface area contributed by atoms with Crippen molar-refractivity contribution in [1.29, 1.82) is 0 Å². The van der Waals surface area contributed by atoms with Crippen molar-refractivity contribution < 1.29 is 4.39 Å². The largest absolute Gasteiger partial charge is 0.227 e. The Morgan fingerprint density at radius 2 is 2.12 bits per heavy atom. The lowest BCUT2D eigenvalue weighted by atomic mass is 10.1. The highest BCUT2D eigenvalue weighted by Crippen LogP contribution is 2.26. The van der Waals surface area contributed by atoms with Gasteiger partial charge in [0.2, 0.25) is 0 Å². The van der Waals surface area contributed by atoms with Crippen LogP contribution in [0.4, 0.5) is 4.39 Å². The lowest BCUT2D eigenvalue weighted by Crippen LogP contribution is -1.89. The predicted molar refractivity (Wildman–Crippen MR) is 67.5 cm³/mol. The second kappa shape index (κ2) is 3.89. The molecule has 3 aromatic rings. The van der Waals surface area contributed by atoms with E-state index < -0.39 is 0 Å². The Kier molecular flexibility index (Phi) is 2.37. The van der Waals surface area contributed by atoms with Crippen molar-refractivity contribution in [2.24, 2.45) is 0 Å². The first-order valence-electron chi connectivity index (χ1n) is 5.21. The zero-order chi connectivity index (χ0) is 11.8. The van der Waals surface area contributed by atoms with Crippen LogP contribution in [-0.2, 0) is 0 Å². The van der Waals surface area contributed by atoms with Gasteiger partial charge in [0.05, 0.1) is 15.9 Å². The third-order valence-electron chi connectivity index (χ3n) is 2.61. The van der Waals surface area contributed by atoms with E-state index in [4.69, 9.17) is 0 Å². The summed E-state index contributed by atoms with van der Waals surface area (Å²) in [6.07, 6.45) is 0. The summed E-state index contributed by atoms with van der Waals surface area (Å²) >= 11 is 1.56. The number of aromatic nitrogens is 2. The van der Waals surface area contributed by atoms with Crippen molar-refractivity contribution in [2.75, 3.05) is 0 Å². The Morgan fingerprint density at radius 1 is 1.24 bits per heavy atom. The highest BCUT2D eigenvalue weighted by molar-refractivity contribution is 7.16. The molecular weight excluding hydrogens is 235 g/mol. The zero-order valence-electron chi connectivity index (χ0n) is 9.14. The van der Waals surface area contributed by atoms with Crippen LogP contribution in [0.2, 0.25) is 0 Å². The minimum absolute atomic E-state index is 0.248. The molecule has 17 heavy (non-hydrogen) atoms. The maximum atomic E-state index is 13.2. The van der Waals surface area contributed by atoms with Gasteiger partial charge in [0, 0.05) is 5.56 Å². The van der Waals surface area contributed by atoms with Gasteiger partial charge in [0.1, 0.15) is 5.82 Å². The van der Waals surface area contributed by atoms with E-state index in [0.717, 1.165) is 27.2 Å². The van der Waals surface area contributed by atoms with E-state index in [9.17, 15) is 4.39 Å². The second-order valence-corrected chi connectivity index (χ2v) is 4.72. The van der Waals surface area contributed by atoms with Crippen molar-refractivity contribution in [2.45, 2.75) is 6.92 Å². The van der Waals surface area contributed by atoms with E-state index in [1.165, 1.54) is 12.1 Å². The number of aryl methyl sites for hydroxylation is 1. The molecule has 0 saturated carbocycles. The normalized spacial score (nSPS) is 10.9. The molecule has 0 atom stereocenters. The maximum absolute atomic E-state index is 13.2. The molecule has 2 aromatic heterocycles. The van der Waals surface area contributed by atoms with Crippen molar-refractivity contribution in [1.82, 2.24) is 9.97 Å². The Morgan fingerprint density at radius 3 is 2.94 bits per heavy atom. The summed E-state index contributed by atoms with van der Waals surface area (Å²) in [7, 11) is 0. The molecule has 0 unspecified atom stereocenters. The highest BCUT2D eigenvalue weighted by Gasteiger charge is 2.08. The molecule has 0 aliphatic heterocycles. The van der Waals surface area contributed by atoms with Gasteiger partial charge in [-0.25, -0.2) is 14.4 Å². The van der Waals surface area contributed by atoms with Gasteiger partial charge in [0.25, 0.3) is 0 Å². The maximum Gasteiger partial charge on any atom is 0.170 e. The summed E-state index contributed by atoms with van der Waals surface area (Å²) < 4.78 is 14.3. The summed E-state index contributed by atoms with van der Waals surface area (Å²) in [5, 5.41) is 0. The first kappa shape index (κ1) is 10.4. The van der Waals surface area contributed by atoms with Gasteiger partial charge in [-0.1, -0.05) is 12.1 Å². The molecule has 2 heterocycles. The Labute approximate surface area is 102 Å². The minimum atomic E-state index is -0.248. The number of thiazole rings is 1. The summed E-state index contributed by atoms with van der Waals surface area (Å²) in [6, 6.07) is 8.52. The molecule has 0 N–H and O–H groups in total. The molecule has 0 bridgehead atoms. The van der Waals surface area contributed by atoms with E-state index in [2.05, 4.69) is 9.97 Å². The molecule has 0 radical (unpaired) electrons. The lowest BCUT2D eigenvalue weighted by molar-refractivity contribution is 0.628. The Hall–Kier alpha value is -1.81. The van der Waals surface area contributed by atoms with Gasteiger partial charge in [0.15, 0.2) is 5.65 Å². The fraction of sp³-hybridized carbons (Fsp3) is 0.0769. The molecule has 3 rings (SSSR count). The number of rotatable bonds is 1. The van der Waals surface area contributed by atoms with Gasteiger partial charge in [-0.2, -0.15) is 0 Å². The third kappa shape index (κ3) is 1.80. The number of hydrogen-bond acceptors (Lipinski definition) is 3. The Balaban J connectivity index is 2.25. The van der Waals surface area contributed by atoms with E-state index in [-0.39, 0.29) is 5.82 Å². The van der Waals surface area contributed by atoms with Gasteiger partial charge in [-0.15, -0.1) is 11.3 Å². The molecule has 0 saturated heterocycles. The van der Waals surface area contributed by atoms with Gasteiger partial charge in [-0.3, -0.25) is 0 Å². The lowest BCUT2D eigenvalue weighted by Gasteiger charge is -2.04. The van der Waals surface area contributed by atoms with Crippen molar-refractivity contribution in [3.63, 3.8) is 0 Å². The fourth-order valence-electron chi connectivity index (χ4n) is 1.82. The number of benzene rings is 1. The first-order valence-corrected chi connectivity index (χ1v) is 6.09. The molecule has 0 spiro atoms. The molecule has 2 nitrogen and oxygen atoms in total. The fourth-order valence-corrected chi connectivity index (χ4v) is 2.53. The van der Waals surface area contributed by atoms with Crippen LogP contribution < -0.4 is 0 Å². The summed E-state index contributed by atoms with van der Waals surface area (Å²) in [5.41, 5.74) is 5.11. The number of fused-ring (bicyclic) bond motifs is 1. The van der Waals surface area contributed by atoms with E-state index in [0.29, 0.717) is 0 Å². The Bertz CT molecular complexity index is 691.